The van der Waals surface area contributed by atoms with E-state index in [1.165, 1.54) is 7.11 Å². The summed E-state index contributed by atoms with van der Waals surface area (Å²) in [7, 11) is 1.37. The zero-order valence-electron chi connectivity index (χ0n) is 13.2. The molecule has 2 rings (SSSR count). The van der Waals surface area contributed by atoms with Crippen molar-refractivity contribution in [3.8, 4) is 0 Å². The van der Waals surface area contributed by atoms with Crippen LogP contribution in [0.2, 0.25) is 0 Å². The number of piperidine rings is 1. The minimum atomic E-state index is -0.421. The van der Waals surface area contributed by atoms with Crippen molar-refractivity contribution in [2.45, 2.75) is 44.8 Å². The fraction of sp³-hybridized carbons (Fsp3) is 0.529. The third-order valence-electron chi connectivity index (χ3n) is 4.04. The predicted octanol–water partition coefficient (Wildman–Crippen LogP) is 1.72. The standard InChI is InChI=1S/C17H24N2O3/c1-3-14(17(21)22-2)18-15-10-7-11-19(16(15)20)12-13-8-5-4-6-9-13/h4-6,8-9,14-15,18H,3,7,10-12H2,1-2H3/t14-,15-/m1/s1. The van der Waals surface area contributed by atoms with Gasteiger partial charge in [0.1, 0.15) is 6.04 Å². The molecule has 1 heterocycles. The second-order valence-electron chi connectivity index (χ2n) is 5.59. The van der Waals surface area contributed by atoms with E-state index in [0.717, 1.165) is 24.9 Å². The monoisotopic (exact) mass is 304 g/mol. The van der Waals surface area contributed by atoms with Gasteiger partial charge in [-0.2, -0.15) is 0 Å². The predicted molar refractivity (Wildman–Crippen MR) is 84.1 cm³/mol. The minimum Gasteiger partial charge on any atom is -0.468 e. The molecule has 0 aromatic heterocycles. The first-order valence-corrected chi connectivity index (χ1v) is 7.82. The van der Waals surface area contributed by atoms with Crippen molar-refractivity contribution < 1.29 is 14.3 Å². The molecule has 0 spiro atoms. The fourth-order valence-corrected chi connectivity index (χ4v) is 2.79. The number of methoxy groups -OCH3 is 1. The van der Waals surface area contributed by atoms with Crippen LogP contribution in [0.4, 0.5) is 0 Å². The Hall–Kier alpha value is -1.88. The fourth-order valence-electron chi connectivity index (χ4n) is 2.79. The first kappa shape index (κ1) is 16.5. The molecule has 0 bridgehead atoms. The molecule has 1 fully saturated rings. The Balaban J connectivity index is 1.99. The number of amides is 1. The number of likely N-dealkylation sites (tertiary alicyclic amines) is 1. The van der Waals surface area contributed by atoms with Gasteiger partial charge in [-0.15, -0.1) is 0 Å². The maximum atomic E-state index is 12.6. The lowest BCUT2D eigenvalue weighted by molar-refractivity contribution is -0.144. The number of carbonyl (C=O) groups is 2. The second kappa shape index (κ2) is 7.94. The van der Waals surface area contributed by atoms with Crippen molar-refractivity contribution >= 4 is 11.9 Å². The number of rotatable bonds is 6. The van der Waals surface area contributed by atoms with E-state index in [0.29, 0.717) is 13.0 Å². The zero-order chi connectivity index (χ0) is 15.9. The topological polar surface area (TPSA) is 58.6 Å². The van der Waals surface area contributed by atoms with Crippen molar-refractivity contribution in [1.29, 1.82) is 0 Å². The van der Waals surface area contributed by atoms with Gasteiger partial charge in [-0.05, 0) is 24.8 Å². The molecule has 120 valence electrons. The van der Waals surface area contributed by atoms with Crippen LogP contribution in [0, 0.1) is 0 Å². The highest BCUT2D eigenvalue weighted by molar-refractivity contribution is 5.84. The quantitative estimate of drug-likeness (QED) is 0.813. The highest BCUT2D eigenvalue weighted by atomic mass is 16.5. The Morgan fingerprint density at radius 2 is 2.14 bits per heavy atom. The summed E-state index contributed by atoms with van der Waals surface area (Å²) in [6.45, 7) is 3.29. The molecule has 1 aliphatic heterocycles. The van der Waals surface area contributed by atoms with Crippen LogP contribution in [0.3, 0.4) is 0 Å². The largest absolute Gasteiger partial charge is 0.468 e. The molecular formula is C17H24N2O3. The van der Waals surface area contributed by atoms with E-state index in [9.17, 15) is 9.59 Å². The molecule has 0 aliphatic carbocycles. The second-order valence-corrected chi connectivity index (χ2v) is 5.59. The summed E-state index contributed by atoms with van der Waals surface area (Å²) in [6, 6.07) is 9.24. The van der Waals surface area contributed by atoms with Crippen molar-refractivity contribution in [3.63, 3.8) is 0 Å². The summed E-state index contributed by atoms with van der Waals surface area (Å²) in [4.78, 5) is 26.2. The Kier molecular flexibility index (Phi) is 5.95. The number of hydrogen-bond donors (Lipinski definition) is 1. The first-order valence-electron chi connectivity index (χ1n) is 7.82. The average molecular weight is 304 g/mol. The van der Waals surface area contributed by atoms with Crippen LogP contribution >= 0.6 is 0 Å². The molecule has 0 saturated carbocycles. The van der Waals surface area contributed by atoms with E-state index in [1.807, 2.05) is 42.2 Å². The van der Waals surface area contributed by atoms with Crippen LogP contribution in [0.1, 0.15) is 31.7 Å². The molecular weight excluding hydrogens is 280 g/mol. The normalized spacial score (nSPS) is 19.8. The molecule has 0 unspecified atom stereocenters. The van der Waals surface area contributed by atoms with Crippen LogP contribution in [-0.4, -0.2) is 42.5 Å². The first-order chi connectivity index (χ1) is 10.7. The van der Waals surface area contributed by atoms with Crippen molar-refractivity contribution in [3.05, 3.63) is 35.9 Å². The van der Waals surface area contributed by atoms with Gasteiger partial charge in [0.15, 0.2) is 0 Å². The van der Waals surface area contributed by atoms with E-state index in [1.54, 1.807) is 0 Å². The molecule has 1 aromatic carbocycles. The molecule has 1 amide bonds. The number of ether oxygens (including phenoxy) is 1. The number of nitrogens with one attached hydrogen (secondary N) is 1. The maximum Gasteiger partial charge on any atom is 0.322 e. The molecule has 5 nitrogen and oxygen atoms in total. The van der Waals surface area contributed by atoms with Crippen molar-refractivity contribution in [2.75, 3.05) is 13.7 Å². The van der Waals surface area contributed by atoms with Gasteiger partial charge in [0, 0.05) is 13.1 Å². The van der Waals surface area contributed by atoms with Gasteiger partial charge in [-0.1, -0.05) is 37.3 Å². The lowest BCUT2D eigenvalue weighted by atomic mass is 10.0. The van der Waals surface area contributed by atoms with E-state index >= 15 is 0 Å². The molecule has 1 aliphatic rings. The average Bonchev–Trinajstić information content (AvgIpc) is 2.56. The van der Waals surface area contributed by atoms with E-state index in [4.69, 9.17) is 4.74 Å². The molecule has 22 heavy (non-hydrogen) atoms. The molecule has 1 saturated heterocycles. The summed E-state index contributed by atoms with van der Waals surface area (Å²) in [5.74, 6) is -0.243. The van der Waals surface area contributed by atoms with Crippen molar-refractivity contribution in [1.82, 2.24) is 10.2 Å². The zero-order valence-corrected chi connectivity index (χ0v) is 13.2. The van der Waals surface area contributed by atoms with Crippen LogP contribution in [0.15, 0.2) is 30.3 Å². The molecule has 5 heteroatoms. The van der Waals surface area contributed by atoms with Crippen LogP contribution in [-0.2, 0) is 20.9 Å². The van der Waals surface area contributed by atoms with E-state index < -0.39 is 6.04 Å². The van der Waals surface area contributed by atoms with E-state index in [-0.39, 0.29) is 17.9 Å². The van der Waals surface area contributed by atoms with Crippen LogP contribution < -0.4 is 5.32 Å². The highest BCUT2D eigenvalue weighted by Gasteiger charge is 2.31. The number of benzene rings is 1. The van der Waals surface area contributed by atoms with Gasteiger partial charge in [-0.3, -0.25) is 14.9 Å². The van der Waals surface area contributed by atoms with E-state index in [2.05, 4.69) is 5.32 Å². The molecule has 1 aromatic rings. The number of nitrogens with zero attached hydrogens (tertiary/aromatic N) is 1. The minimum absolute atomic E-state index is 0.0671. The SMILES string of the molecule is CC[C@@H](N[C@@H]1CCCN(Cc2ccccc2)C1=O)C(=O)OC. The third kappa shape index (κ3) is 4.07. The summed E-state index contributed by atoms with van der Waals surface area (Å²) in [5, 5.41) is 3.16. The van der Waals surface area contributed by atoms with Crippen LogP contribution in [0.25, 0.3) is 0 Å². The smallest absolute Gasteiger partial charge is 0.322 e. The molecule has 1 N–H and O–H groups in total. The summed E-state index contributed by atoms with van der Waals surface area (Å²) in [5.41, 5.74) is 1.12. The third-order valence-corrected chi connectivity index (χ3v) is 4.04. The van der Waals surface area contributed by atoms with Gasteiger partial charge in [0.05, 0.1) is 13.2 Å². The highest BCUT2D eigenvalue weighted by Crippen LogP contribution is 2.16. The van der Waals surface area contributed by atoms with Crippen molar-refractivity contribution in [2.24, 2.45) is 0 Å². The molecule has 2 atom stereocenters. The Bertz CT molecular complexity index is 504. The Labute approximate surface area is 131 Å². The number of hydrogen-bond acceptors (Lipinski definition) is 4. The summed E-state index contributed by atoms with van der Waals surface area (Å²) >= 11 is 0. The number of carbonyl (C=O) groups excluding carboxylic acids is 2. The Morgan fingerprint density at radius 3 is 2.77 bits per heavy atom. The van der Waals surface area contributed by atoms with Gasteiger partial charge >= 0.3 is 5.97 Å². The summed E-state index contributed by atoms with van der Waals surface area (Å²) < 4.78 is 4.78. The van der Waals surface area contributed by atoms with Gasteiger partial charge < -0.3 is 9.64 Å². The lowest BCUT2D eigenvalue weighted by Gasteiger charge is -2.34. The Morgan fingerprint density at radius 1 is 1.41 bits per heavy atom. The maximum absolute atomic E-state index is 12.6. The summed E-state index contributed by atoms with van der Waals surface area (Å²) in [6.07, 6.45) is 2.31. The lowest BCUT2D eigenvalue weighted by Crippen LogP contribution is -2.54. The number of esters is 1. The van der Waals surface area contributed by atoms with Gasteiger partial charge in [-0.25, -0.2) is 0 Å². The van der Waals surface area contributed by atoms with Gasteiger partial charge in [0.2, 0.25) is 5.91 Å². The molecule has 0 radical (unpaired) electrons. The van der Waals surface area contributed by atoms with Gasteiger partial charge in [0.25, 0.3) is 0 Å². The van der Waals surface area contributed by atoms with Crippen LogP contribution in [0.5, 0.6) is 0 Å².